The molecule has 0 spiro atoms. The first-order chi connectivity index (χ1) is 13.5. The van der Waals surface area contributed by atoms with Gasteiger partial charge in [-0.15, -0.1) is 0 Å². The molecule has 1 N–H and O–H groups in total. The van der Waals surface area contributed by atoms with E-state index in [-0.39, 0.29) is 23.7 Å². The number of carbonyl (C=O) groups is 2. The molecule has 1 saturated carbocycles. The van der Waals surface area contributed by atoms with Gasteiger partial charge in [0, 0.05) is 18.8 Å². The van der Waals surface area contributed by atoms with Crippen LogP contribution < -0.4 is 15.0 Å². The first-order valence-corrected chi connectivity index (χ1v) is 9.82. The minimum atomic E-state index is -0.207. The minimum Gasteiger partial charge on any atom is -0.497 e. The zero-order chi connectivity index (χ0) is 20.1. The highest BCUT2D eigenvalue weighted by Crippen LogP contribution is 2.41. The van der Waals surface area contributed by atoms with Crippen LogP contribution in [0.15, 0.2) is 48.5 Å². The molecule has 2 atom stereocenters. The molecular formula is C23H28N2O3. The second-order valence-electron chi connectivity index (χ2n) is 7.26. The minimum absolute atomic E-state index is 0.0212. The summed E-state index contributed by atoms with van der Waals surface area (Å²) in [6, 6.07) is 15.7. The molecule has 2 unspecified atom stereocenters. The maximum Gasteiger partial charge on any atom is 0.230 e. The zero-order valence-corrected chi connectivity index (χ0v) is 16.8. The summed E-state index contributed by atoms with van der Waals surface area (Å²) >= 11 is 0. The fraction of sp³-hybridized carbons (Fsp3) is 0.391. The number of anilines is 1. The normalized spacial score (nSPS) is 17.7. The van der Waals surface area contributed by atoms with Crippen molar-refractivity contribution in [3.8, 4) is 5.75 Å². The third-order valence-corrected chi connectivity index (χ3v) is 5.21. The molecule has 0 saturated heterocycles. The van der Waals surface area contributed by atoms with E-state index in [0.717, 1.165) is 29.0 Å². The fourth-order valence-electron chi connectivity index (χ4n) is 3.47. The number of rotatable bonds is 8. The van der Waals surface area contributed by atoms with Gasteiger partial charge in [-0.1, -0.05) is 24.3 Å². The van der Waals surface area contributed by atoms with Crippen molar-refractivity contribution in [3.63, 3.8) is 0 Å². The van der Waals surface area contributed by atoms with Gasteiger partial charge in [0.25, 0.3) is 0 Å². The summed E-state index contributed by atoms with van der Waals surface area (Å²) in [4.78, 5) is 27.0. The molecule has 0 aliphatic heterocycles. The summed E-state index contributed by atoms with van der Waals surface area (Å²) in [5.41, 5.74) is 3.16. The second-order valence-corrected chi connectivity index (χ2v) is 7.26. The molecule has 1 fully saturated rings. The molecule has 148 valence electrons. The van der Waals surface area contributed by atoms with Crippen LogP contribution in [0.1, 0.15) is 24.5 Å². The quantitative estimate of drug-likeness (QED) is 0.764. The van der Waals surface area contributed by atoms with Gasteiger partial charge in [0.2, 0.25) is 11.8 Å². The molecule has 1 aliphatic rings. The lowest BCUT2D eigenvalue weighted by Gasteiger charge is -2.21. The molecular weight excluding hydrogens is 352 g/mol. The van der Waals surface area contributed by atoms with Gasteiger partial charge in [0.15, 0.2) is 0 Å². The first kappa shape index (κ1) is 19.9. The largest absolute Gasteiger partial charge is 0.497 e. The molecule has 28 heavy (non-hydrogen) atoms. The van der Waals surface area contributed by atoms with E-state index >= 15 is 0 Å². The monoisotopic (exact) mass is 380 g/mol. The van der Waals surface area contributed by atoms with Gasteiger partial charge in [-0.05, 0) is 62.1 Å². The highest BCUT2D eigenvalue weighted by atomic mass is 16.5. The number of carbonyl (C=O) groups excluding carboxylic acids is 2. The topological polar surface area (TPSA) is 58.6 Å². The lowest BCUT2D eigenvalue weighted by Crippen LogP contribution is -2.34. The number of hydrogen-bond donors (Lipinski definition) is 1. The number of nitrogens with zero attached hydrogens (tertiary/aromatic N) is 1. The molecule has 2 aromatic carbocycles. The number of amides is 2. The van der Waals surface area contributed by atoms with E-state index in [0.29, 0.717) is 19.5 Å². The third-order valence-electron chi connectivity index (χ3n) is 5.21. The van der Waals surface area contributed by atoms with Crippen LogP contribution in [0.2, 0.25) is 0 Å². The number of ether oxygens (including phenoxy) is 1. The van der Waals surface area contributed by atoms with E-state index in [1.165, 1.54) is 0 Å². The van der Waals surface area contributed by atoms with E-state index in [4.69, 9.17) is 4.74 Å². The molecule has 1 aliphatic carbocycles. The second kappa shape index (κ2) is 8.91. The van der Waals surface area contributed by atoms with Gasteiger partial charge in [-0.3, -0.25) is 9.59 Å². The number of nitrogens with one attached hydrogen (secondary N) is 1. The Bertz CT molecular complexity index is 832. The highest BCUT2D eigenvalue weighted by molar-refractivity contribution is 6.01. The zero-order valence-electron chi connectivity index (χ0n) is 16.8. The van der Waals surface area contributed by atoms with Gasteiger partial charge < -0.3 is 15.0 Å². The predicted octanol–water partition coefficient (Wildman–Crippen LogP) is 3.35. The van der Waals surface area contributed by atoms with E-state index in [2.05, 4.69) is 5.32 Å². The van der Waals surface area contributed by atoms with Crippen LogP contribution in [-0.4, -0.2) is 32.0 Å². The molecule has 2 aromatic rings. The Morgan fingerprint density at radius 2 is 1.89 bits per heavy atom. The number of aryl methyl sites for hydroxylation is 1. The van der Waals surface area contributed by atoms with Crippen molar-refractivity contribution in [3.05, 3.63) is 59.7 Å². The van der Waals surface area contributed by atoms with E-state index in [1.54, 1.807) is 12.0 Å². The molecule has 5 heteroatoms. The predicted molar refractivity (Wildman–Crippen MR) is 111 cm³/mol. The highest BCUT2D eigenvalue weighted by Gasteiger charge is 2.49. The van der Waals surface area contributed by atoms with E-state index in [9.17, 15) is 9.59 Å². The van der Waals surface area contributed by atoms with Gasteiger partial charge in [0.05, 0.1) is 18.9 Å². The fourth-order valence-corrected chi connectivity index (χ4v) is 3.47. The summed E-state index contributed by atoms with van der Waals surface area (Å²) in [5.74, 6) is 0.431. The van der Waals surface area contributed by atoms with Crippen molar-refractivity contribution >= 4 is 17.5 Å². The average molecular weight is 380 g/mol. The number of benzene rings is 2. The summed E-state index contributed by atoms with van der Waals surface area (Å²) in [6.45, 7) is 5.15. The van der Waals surface area contributed by atoms with Crippen molar-refractivity contribution < 1.29 is 14.3 Å². The number of hydrogen-bond acceptors (Lipinski definition) is 3. The summed E-state index contributed by atoms with van der Waals surface area (Å²) in [7, 11) is 1.64. The van der Waals surface area contributed by atoms with Crippen LogP contribution in [0, 0.1) is 18.8 Å². The lowest BCUT2D eigenvalue weighted by molar-refractivity contribution is -0.126. The smallest absolute Gasteiger partial charge is 0.230 e. The molecule has 5 nitrogen and oxygen atoms in total. The van der Waals surface area contributed by atoms with Crippen LogP contribution in [-0.2, 0) is 16.0 Å². The maximum absolute atomic E-state index is 12.9. The molecule has 0 aromatic heterocycles. The SMILES string of the molecule is CCN(C(=O)C1CC1C(=O)NCCc1ccc(OC)cc1)c1cccc(C)c1. The molecule has 2 amide bonds. The average Bonchev–Trinajstić information content (AvgIpc) is 3.50. The van der Waals surface area contributed by atoms with Gasteiger partial charge >= 0.3 is 0 Å². The Labute approximate surface area is 166 Å². The van der Waals surface area contributed by atoms with Gasteiger partial charge in [-0.2, -0.15) is 0 Å². The van der Waals surface area contributed by atoms with Crippen molar-refractivity contribution in [2.45, 2.75) is 26.7 Å². The Kier molecular flexibility index (Phi) is 6.34. The van der Waals surface area contributed by atoms with Gasteiger partial charge in [0.1, 0.15) is 5.75 Å². The van der Waals surface area contributed by atoms with Gasteiger partial charge in [-0.25, -0.2) is 0 Å². The van der Waals surface area contributed by atoms with Crippen LogP contribution in [0.4, 0.5) is 5.69 Å². The Hall–Kier alpha value is -2.82. The van der Waals surface area contributed by atoms with Crippen molar-refractivity contribution in [1.82, 2.24) is 5.32 Å². The standard InChI is InChI=1S/C23H28N2O3/c1-4-25(18-7-5-6-16(2)14-18)23(27)21-15-20(21)22(26)24-13-12-17-8-10-19(28-3)11-9-17/h5-11,14,20-21H,4,12-13,15H2,1-3H3,(H,24,26). The molecule has 3 rings (SSSR count). The Morgan fingerprint density at radius 1 is 1.14 bits per heavy atom. The lowest BCUT2D eigenvalue weighted by atomic mass is 10.1. The van der Waals surface area contributed by atoms with Crippen LogP contribution in [0.5, 0.6) is 5.75 Å². The van der Waals surface area contributed by atoms with Crippen molar-refractivity contribution in [1.29, 1.82) is 0 Å². The number of methoxy groups -OCH3 is 1. The first-order valence-electron chi connectivity index (χ1n) is 9.82. The van der Waals surface area contributed by atoms with E-state index in [1.807, 2.05) is 62.4 Å². The molecule has 0 bridgehead atoms. The van der Waals surface area contributed by atoms with E-state index < -0.39 is 0 Å². The summed E-state index contributed by atoms with van der Waals surface area (Å²) < 4.78 is 5.15. The molecule has 0 heterocycles. The Balaban J connectivity index is 1.49. The van der Waals surface area contributed by atoms with Crippen molar-refractivity contribution in [2.75, 3.05) is 25.1 Å². The van der Waals surface area contributed by atoms with Crippen molar-refractivity contribution in [2.24, 2.45) is 11.8 Å². The van der Waals surface area contributed by atoms with Crippen LogP contribution in [0.3, 0.4) is 0 Å². The summed E-state index contributed by atoms with van der Waals surface area (Å²) in [5, 5.41) is 2.97. The maximum atomic E-state index is 12.9. The third kappa shape index (κ3) is 4.71. The van der Waals surface area contributed by atoms with Crippen LogP contribution in [0.25, 0.3) is 0 Å². The van der Waals surface area contributed by atoms with Crippen LogP contribution >= 0.6 is 0 Å². The summed E-state index contributed by atoms with van der Waals surface area (Å²) in [6.07, 6.45) is 1.39. The molecule has 0 radical (unpaired) electrons. The Morgan fingerprint density at radius 3 is 2.54 bits per heavy atom.